The number of carbonyl (C=O) groups is 2. The number of ether oxygens (including phenoxy) is 3. The van der Waals surface area contributed by atoms with E-state index in [4.69, 9.17) is 25.8 Å². The van der Waals surface area contributed by atoms with Crippen LogP contribution in [0.3, 0.4) is 0 Å². The number of nitro groups is 1. The highest BCUT2D eigenvalue weighted by Crippen LogP contribution is 2.38. The molecule has 0 aliphatic heterocycles. The van der Waals surface area contributed by atoms with Gasteiger partial charge in [0.15, 0.2) is 18.1 Å². The van der Waals surface area contributed by atoms with Crippen molar-refractivity contribution >= 4 is 34.9 Å². The van der Waals surface area contributed by atoms with Crippen LogP contribution in [0.15, 0.2) is 60.7 Å². The van der Waals surface area contributed by atoms with E-state index in [-0.39, 0.29) is 39.2 Å². The molecule has 0 radical (unpaired) electrons. The second-order valence-electron chi connectivity index (χ2n) is 6.47. The maximum atomic E-state index is 13.2. The topological polar surface area (TPSA) is 117 Å². The van der Waals surface area contributed by atoms with Crippen LogP contribution in [0.2, 0.25) is 5.02 Å². The molecule has 1 N–H and O–H groups in total. The van der Waals surface area contributed by atoms with E-state index >= 15 is 0 Å². The number of hydrogen-bond donors (Lipinski definition) is 1. The molecule has 9 nitrogen and oxygen atoms in total. The first-order valence-corrected chi connectivity index (χ1v) is 9.67. The van der Waals surface area contributed by atoms with Crippen molar-refractivity contribution in [3.63, 3.8) is 0 Å². The summed E-state index contributed by atoms with van der Waals surface area (Å²) in [5.41, 5.74) is -0.0868. The van der Waals surface area contributed by atoms with Crippen molar-refractivity contribution in [2.45, 2.75) is 0 Å². The minimum absolute atomic E-state index is 0.0448. The molecule has 1 amide bonds. The Bertz CT molecular complexity index is 1220. The van der Waals surface area contributed by atoms with Crippen molar-refractivity contribution in [3.05, 3.63) is 87.2 Å². The number of hydrogen-bond acceptors (Lipinski definition) is 7. The number of nitrogens with one attached hydrogen (secondary N) is 1. The summed E-state index contributed by atoms with van der Waals surface area (Å²) < 4.78 is 28.9. The first kappa shape index (κ1) is 23.5. The fourth-order valence-corrected chi connectivity index (χ4v) is 2.86. The van der Waals surface area contributed by atoms with E-state index in [9.17, 15) is 24.1 Å². The summed E-state index contributed by atoms with van der Waals surface area (Å²) in [5.74, 6) is -1.89. The van der Waals surface area contributed by atoms with Crippen LogP contribution in [-0.4, -0.2) is 30.5 Å². The van der Waals surface area contributed by atoms with Crippen molar-refractivity contribution in [1.29, 1.82) is 0 Å². The van der Waals surface area contributed by atoms with Crippen LogP contribution in [0.1, 0.15) is 10.4 Å². The normalized spacial score (nSPS) is 10.3. The molecular weight excluding hydrogens is 459 g/mol. The van der Waals surface area contributed by atoms with Crippen LogP contribution in [-0.2, 0) is 9.53 Å². The number of nitrogens with zero attached hydrogens (tertiary/aromatic N) is 1. The Morgan fingerprint density at radius 2 is 1.82 bits per heavy atom. The van der Waals surface area contributed by atoms with Gasteiger partial charge in [-0.25, -0.2) is 9.18 Å². The van der Waals surface area contributed by atoms with Gasteiger partial charge in [0.1, 0.15) is 5.82 Å². The maximum absolute atomic E-state index is 13.2. The molecule has 0 saturated heterocycles. The highest BCUT2D eigenvalue weighted by Gasteiger charge is 2.20. The third kappa shape index (κ3) is 6.17. The average molecular weight is 475 g/mol. The molecule has 3 aromatic carbocycles. The lowest BCUT2D eigenvalue weighted by Gasteiger charge is -2.12. The predicted molar refractivity (Wildman–Crippen MR) is 116 cm³/mol. The van der Waals surface area contributed by atoms with Gasteiger partial charge in [0.2, 0.25) is 5.75 Å². The van der Waals surface area contributed by atoms with Crippen LogP contribution in [0.5, 0.6) is 17.2 Å². The van der Waals surface area contributed by atoms with E-state index in [1.165, 1.54) is 55.6 Å². The average Bonchev–Trinajstić information content (AvgIpc) is 2.78. The number of amides is 1. The molecule has 0 fully saturated rings. The van der Waals surface area contributed by atoms with E-state index in [0.29, 0.717) is 0 Å². The molecule has 3 rings (SSSR count). The first-order valence-electron chi connectivity index (χ1n) is 9.29. The standard InChI is InChI=1S/C22H16ClFN2O7/c1-31-20-9-13(22(28)32-12-21(27)25-16-4-2-3-15(24)11-16)5-7-19(20)33-18-8-6-14(23)10-17(18)26(29)30/h2-11H,12H2,1H3,(H,25,27). The van der Waals surface area contributed by atoms with E-state index in [1.807, 2.05) is 0 Å². The zero-order valence-corrected chi connectivity index (χ0v) is 17.8. The van der Waals surface area contributed by atoms with Crippen LogP contribution in [0.4, 0.5) is 15.8 Å². The monoisotopic (exact) mass is 474 g/mol. The second kappa shape index (κ2) is 10.4. The number of carbonyl (C=O) groups excluding carboxylic acids is 2. The van der Waals surface area contributed by atoms with Gasteiger partial charge in [0.25, 0.3) is 5.91 Å². The molecule has 33 heavy (non-hydrogen) atoms. The number of esters is 1. The van der Waals surface area contributed by atoms with Gasteiger partial charge in [0.05, 0.1) is 17.6 Å². The van der Waals surface area contributed by atoms with Gasteiger partial charge in [-0.1, -0.05) is 17.7 Å². The Balaban J connectivity index is 1.68. The third-order valence-electron chi connectivity index (χ3n) is 4.18. The minimum Gasteiger partial charge on any atom is -0.493 e. The Hall–Kier alpha value is -4.18. The van der Waals surface area contributed by atoms with Gasteiger partial charge in [-0.3, -0.25) is 14.9 Å². The molecule has 0 bridgehead atoms. The molecule has 0 unspecified atom stereocenters. The maximum Gasteiger partial charge on any atom is 0.338 e. The summed E-state index contributed by atoms with van der Waals surface area (Å²) in [7, 11) is 1.32. The molecule has 0 aliphatic carbocycles. The second-order valence-corrected chi connectivity index (χ2v) is 6.91. The number of halogens is 2. The van der Waals surface area contributed by atoms with Gasteiger partial charge >= 0.3 is 11.7 Å². The van der Waals surface area contributed by atoms with Gasteiger partial charge < -0.3 is 19.5 Å². The summed E-state index contributed by atoms with van der Waals surface area (Å²) in [5, 5.41) is 13.8. The molecule has 0 heterocycles. The van der Waals surface area contributed by atoms with E-state index in [2.05, 4.69) is 5.32 Å². The minimum atomic E-state index is -0.827. The van der Waals surface area contributed by atoms with Crippen LogP contribution in [0, 0.1) is 15.9 Å². The molecule has 0 saturated carbocycles. The molecule has 170 valence electrons. The fraction of sp³-hybridized carbons (Fsp3) is 0.0909. The van der Waals surface area contributed by atoms with Crippen LogP contribution < -0.4 is 14.8 Å². The van der Waals surface area contributed by atoms with Gasteiger partial charge in [-0.2, -0.15) is 0 Å². The Morgan fingerprint density at radius 1 is 1.06 bits per heavy atom. The molecular formula is C22H16ClFN2O7. The highest BCUT2D eigenvalue weighted by atomic mass is 35.5. The SMILES string of the molecule is COc1cc(C(=O)OCC(=O)Nc2cccc(F)c2)ccc1Oc1ccc(Cl)cc1[N+](=O)[O-]. The summed E-state index contributed by atoms with van der Waals surface area (Å²) in [4.78, 5) is 34.8. The summed E-state index contributed by atoms with van der Waals surface area (Å²) in [6.45, 7) is -0.604. The lowest BCUT2D eigenvalue weighted by molar-refractivity contribution is -0.385. The molecule has 0 atom stereocenters. The summed E-state index contributed by atoms with van der Waals surface area (Å²) in [6.07, 6.45) is 0. The first-order chi connectivity index (χ1) is 15.8. The fourth-order valence-electron chi connectivity index (χ4n) is 2.69. The van der Waals surface area contributed by atoms with Gasteiger partial charge in [-0.05, 0) is 48.5 Å². The van der Waals surface area contributed by atoms with E-state index in [1.54, 1.807) is 0 Å². The van der Waals surface area contributed by atoms with Crippen LogP contribution >= 0.6 is 11.6 Å². The number of benzene rings is 3. The van der Waals surface area contributed by atoms with E-state index < -0.39 is 29.2 Å². The zero-order valence-electron chi connectivity index (χ0n) is 17.0. The number of rotatable bonds is 8. The Kier molecular flexibility index (Phi) is 7.42. The lowest BCUT2D eigenvalue weighted by atomic mass is 10.2. The van der Waals surface area contributed by atoms with Gasteiger partial charge in [0, 0.05) is 16.8 Å². The molecule has 11 heteroatoms. The highest BCUT2D eigenvalue weighted by molar-refractivity contribution is 6.30. The largest absolute Gasteiger partial charge is 0.493 e. The molecule has 0 aromatic heterocycles. The molecule has 0 aliphatic rings. The number of nitro benzene ring substituents is 1. The van der Waals surface area contributed by atoms with Crippen molar-refractivity contribution in [2.75, 3.05) is 19.0 Å². The lowest BCUT2D eigenvalue weighted by Crippen LogP contribution is -2.21. The number of methoxy groups -OCH3 is 1. The third-order valence-corrected chi connectivity index (χ3v) is 4.41. The van der Waals surface area contributed by atoms with Crippen LogP contribution in [0.25, 0.3) is 0 Å². The smallest absolute Gasteiger partial charge is 0.338 e. The quantitative estimate of drug-likeness (QED) is 0.278. The van der Waals surface area contributed by atoms with Gasteiger partial charge in [-0.15, -0.1) is 0 Å². The van der Waals surface area contributed by atoms with Crippen molar-refractivity contribution < 1.29 is 33.1 Å². The molecule has 3 aromatic rings. The summed E-state index contributed by atoms with van der Waals surface area (Å²) in [6, 6.07) is 13.1. The predicted octanol–water partition coefficient (Wildman–Crippen LogP) is 4.98. The Labute approximate surface area is 191 Å². The van der Waals surface area contributed by atoms with Crippen molar-refractivity contribution in [3.8, 4) is 17.2 Å². The summed E-state index contributed by atoms with van der Waals surface area (Å²) >= 11 is 5.80. The van der Waals surface area contributed by atoms with Crippen molar-refractivity contribution in [2.24, 2.45) is 0 Å². The Morgan fingerprint density at radius 3 is 2.52 bits per heavy atom. The van der Waals surface area contributed by atoms with Crippen molar-refractivity contribution in [1.82, 2.24) is 0 Å². The number of anilines is 1. The van der Waals surface area contributed by atoms with E-state index in [0.717, 1.165) is 12.1 Å². The molecule has 0 spiro atoms. The zero-order chi connectivity index (χ0) is 24.0.